The Labute approximate surface area is 54.5 Å². The molecule has 1 unspecified atom stereocenters. The summed E-state index contributed by atoms with van der Waals surface area (Å²) in [5, 5.41) is 8.01. The highest BCUT2D eigenvalue weighted by Gasteiger charge is 2.26. The topological polar surface area (TPSA) is 23.8 Å². The van der Waals surface area contributed by atoms with Crippen molar-refractivity contribution >= 4 is 8.41 Å². The van der Waals surface area contributed by atoms with Gasteiger partial charge in [0.15, 0.2) is 0 Å². The molecule has 0 spiro atoms. The van der Waals surface area contributed by atoms with E-state index in [0.29, 0.717) is 0 Å². The van der Waals surface area contributed by atoms with Gasteiger partial charge in [-0.2, -0.15) is 5.26 Å². The standard InChI is InChI=1S/C5H9F2NSi/c1-9(7,5-6)4-2-3-8/h2,4-5H2,1H3. The van der Waals surface area contributed by atoms with Crippen LogP contribution in [0.15, 0.2) is 0 Å². The molecule has 1 nitrogen and oxygen atoms in total. The quantitative estimate of drug-likeness (QED) is 0.444. The van der Waals surface area contributed by atoms with Crippen molar-refractivity contribution in [2.24, 2.45) is 0 Å². The van der Waals surface area contributed by atoms with Crippen LogP contribution in [0, 0.1) is 11.3 Å². The van der Waals surface area contributed by atoms with Crippen molar-refractivity contribution in [2.75, 3.05) is 6.30 Å². The second-order valence-electron chi connectivity index (χ2n) is 2.21. The Morgan fingerprint density at radius 2 is 2.22 bits per heavy atom. The Hall–Kier alpha value is -0.433. The van der Waals surface area contributed by atoms with Gasteiger partial charge < -0.3 is 4.11 Å². The van der Waals surface area contributed by atoms with Gasteiger partial charge in [-0.25, -0.2) is 0 Å². The minimum Gasteiger partial charge on any atom is -0.311 e. The molecular formula is C5H9F2NSi. The molecule has 0 aliphatic heterocycles. The second kappa shape index (κ2) is 3.57. The highest BCUT2D eigenvalue weighted by molar-refractivity contribution is 6.71. The Kier molecular flexibility index (Phi) is 3.39. The lowest BCUT2D eigenvalue weighted by atomic mass is 10.6. The van der Waals surface area contributed by atoms with E-state index in [2.05, 4.69) is 0 Å². The molecule has 0 saturated heterocycles. The predicted molar refractivity (Wildman–Crippen MR) is 33.7 cm³/mol. The monoisotopic (exact) mass is 149 g/mol. The Morgan fingerprint density at radius 1 is 1.67 bits per heavy atom. The summed E-state index contributed by atoms with van der Waals surface area (Å²) in [6.07, 6.45) is -0.724. The molecule has 0 aliphatic carbocycles. The smallest absolute Gasteiger partial charge is 0.275 e. The number of hydrogen-bond acceptors (Lipinski definition) is 1. The maximum atomic E-state index is 12.6. The van der Waals surface area contributed by atoms with Crippen molar-refractivity contribution in [3.63, 3.8) is 0 Å². The van der Waals surface area contributed by atoms with Gasteiger partial charge in [0.2, 0.25) is 0 Å². The zero-order valence-corrected chi connectivity index (χ0v) is 6.32. The van der Waals surface area contributed by atoms with Crippen molar-refractivity contribution in [2.45, 2.75) is 19.0 Å². The van der Waals surface area contributed by atoms with Crippen molar-refractivity contribution < 1.29 is 8.50 Å². The summed E-state index contributed by atoms with van der Waals surface area (Å²) < 4.78 is 24.3. The minimum atomic E-state index is -3.09. The molecule has 0 radical (unpaired) electrons. The van der Waals surface area contributed by atoms with E-state index in [9.17, 15) is 8.50 Å². The van der Waals surface area contributed by atoms with Crippen molar-refractivity contribution in [1.29, 1.82) is 5.26 Å². The maximum absolute atomic E-state index is 12.6. The van der Waals surface area contributed by atoms with Crippen LogP contribution < -0.4 is 0 Å². The maximum Gasteiger partial charge on any atom is 0.275 e. The van der Waals surface area contributed by atoms with Gasteiger partial charge >= 0.3 is 0 Å². The molecule has 0 heterocycles. The van der Waals surface area contributed by atoms with Crippen molar-refractivity contribution in [3.8, 4) is 6.07 Å². The molecular weight excluding hydrogens is 140 g/mol. The van der Waals surface area contributed by atoms with E-state index in [4.69, 9.17) is 5.26 Å². The molecule has 0 saturated carbocycles. The van der Waals surface area contributed by atoms with Crippen LogP contribution in [0.2, 0.25) is 12.6 Å². The molecule has 52 valence electrons. The molecule has 1 atom stereocenters. The summed E-state index contributed by atoms with van der Waals surface area (Å²) in [5.41, 5.74) is 0. The molecule has 0 aromatic rings. The fraction of sp³-hybridized carbons (Fsp3) is 0.800. The van der Waals surface area contributed by atoms with Gasteiger partial charge in [-0.05, 0) is 12.6 Å². The third-order valence-electron chi connectivity index (χ3n) is 1.04. The van der Waals surface area contributed by atoms with E-state index in [0.717, 1.165) is 0 Å². The molecule has 4 heteroatoms. The Bertz CT molecular complexity index is 119. The minimum absolute atomic E-state index is 0.125. The lowest BCUT2D eigenvalue weighted by Crippen LogP contribution is -2.26. The summed E-state index contributed by atoms with van der Waals surface area (Å²) in [6.45, 7) is 1.30. The molecule has 0 fully saturated rings. The first-order valence-corrected chi connectivity index (χ1v) is 5.53. The van der Waals surface area contributed by atoms with Crippen LogP contribution in [0.3, 0.4) is 0 Å². The van der Waals surface area contributed by atoms with E-state index in [1.807, 2.05) is 0 Å². The summed E-state index contributed by atoms with van der Waals surface area (Å²) in [5.74, 6) is 0. The number of alkyl halides is 1. The van der Waals surface area contributed by atoms with Crippen LogP contribution in [-0.4, -0.2) is 14.7 Å². The van der Waals surface area contributed by atoms with Gasteiger partial charge in [0.1, 0.15) is 6.30 Å². The van der Waals surface area contributed by atoms with Gasteiger partial charge in [0.25, 0.3) is 8.41 Å². The van der Waals surface area contributed by atoms with Crippen LogP contribution in [0.4, 0.5) is 8.50 Å². The van der Waals surface area contributed by atoms with E-state index in [1.54, 1.807) is 6.07 Å². The third kappa shape index (κ3) is 4.10. The predicted octanol–water partition coefficient (Wildman–Crippen LogP) is 1.95. The average molecular weight is 149 g/mol. The van der Waals surface area contributed by atoms with Crippen molar-refractivity contribution in [1.82, 2.24) is 0 Å². The van der Waals surface area contributed by atoms with Gasteiger partial charge in [0, 0.05) is 6.42 Å². The Morgan fingerprint density at radius 3 is 2.56 bits per heavy atom. The fourth-order valence-corrected chi connectivity index (χ4v) is 1.15. The first kappa shape index (κ1) is 8.57. The van der Waals surface area contributed by atoms with E-state index in [-0.39, 0.29) is 12.5 Å². The summed E-state index contributed by atoms with van der Waals surface area (Å²) >= 11 is 0. The van der Waals surface area contributed by atoms with Crippen molar-refractivity contribution in [3.05, 3.63) is 0 Å². The first-order chi connectivity index (χ1) is 4.12. The first-order valence-electron chi connectivity index (χ1n) is 2.74. The molecule has 0 aromatic carbocycles. The summed E-state index contributed by atoms with van der Waals surface area (Å²) in [6, 6.07) is 1.91. The molecule has 9 heavy (non-hydrogen) atoms. The zero-order chi connectivity index (χ0) is 7.33. The lowest BCUT2D eigenvalue weighted by Gasteiger charge is -2.08. The van der Waals surface area contributed by atoms with E-state index < -0.39 is 14.7 Å². The van der Waals surface area contributed by atoms with E-state index in [1.165, 1.54) is 6.55 Å². The number of halogens is 2. The van der Waals surface area contributed by atoms with E-state index >= 15 is 0 Å². The lowest BCUT2D eigenvalue weighted by molar-refractivity contribution is 0.545. The van der Waals surface area contributed by atoms with Gasteiger partial charge in [-0.3, -0.25) is 4.39 Å². The summed E-state index contributed by atoms with van der Waals surface area (Å²) in [7, 11) is -3.09. The SMILES string of the molecule is C[Si](F)(CF)CCC#N. The summed E-state index contributed by atoms with van der Waals surface area (Å²) in [4.78, 5) is 0. The normalized spacial score (nSPS) is 16.2. The van der Waals surface area contributed by atoms with Crippen LogP contribution in [0.5, 0.6) is 0 Å². The number of rotatable bonds is 3. The van der Waals surface area contributed by atoms with Gasteiger partial charge in [0.05, 0.1) is 6.07 Å². The molecule has 0 aromatic heterocycles. The van der Waals surface area contributed by atoms with Gasteiger partial charge in [-0.1, -0.05) is 0 Å². The fourth-order valence-electron chi connectivity index (χ4n) is 0.383. The molecule has 0 amide bonds. The van der Waals surface area contributed by atoms with Gasteiger partial charge in [-0.15, -0.1) is 0 Å². The van der Waals surface area contributed by atoms with Crippen LogP contribution in [0.1, 0.15) is 6.42 Å². The Balaban J connectivity index is 3.48. The highest BCUT2D eigenvalue weighted by atomic mass is 28.4. The zero-order valence-electron chi connectivity index (χ0n) is 5.32. The molecule has 0 aliphatic rings. The second-order valence-corrected chi connectivity index (χ2v) is 5.80. The molecule has 0 rings (SSSR count). The molecule has 0 N–H and O–H groups in total. The third-order valence-corrected chi connectivity index (χ3v) is 2.89. The molecule has 0 bridgehead atoms. The number of nitrogens with zero attached hydrogens (tertiary/aromatic N) is 1. The largest absolute Gasteiger partial charge is 0.311 e. The average Bonchev–Trinajstić information content (AvgIpc) is 1.84. The van der Waals surface area contributed by atoms with Crippen LogP contribution in [-0.2, 0) is 0 Å². The van der Waals surface area contributed by atoms with Crippen LogP contribution >= 0.6 is 0 Å². The highest BCUT2D eigenvalue weighted by Crippen LogP contribution is 2.13. The number of nitriles is 1. The number of hydrogen-bond donors (Lipinski definition) is 0. The van der Waals surface area contributed by atoms with Crippen LogP contribution in [0.25, 0.3) is 0 Å².